The van der Waals surface area contributed by atoms with Crippen molar-refractivity contribution in [2.24, 2.45) is 0 Å². The van der Waals surface area contributed by atoms with Gasteiger partial charge in [-0.1, -0.05) is 29.8 Å². The maximum atomic E-state index is 14.4. The van der Waals surface area contributed by atoms with Crippen molar-refractivity contribution in [3.63, 3.8) is 0 Å². The number of rotatable bonds is 4. The lowest BCUT2D eigenvalue weighted by atomic mass is 9.87. The number of methoxy groups -OCH3 is 2. The molecule has 1 aliphatic rings. The second kappa shape index (κ2) is 8.55. The predicted octanol–water partition coefficient (Wildman–Crippen LogP) is 5.42. The molecule has 0 spiro atoms. The van der Waals surface area contributed by atoms with Crippen molar-refractivity contribution < 1.29 is 23.0 Å². The molecular formula is C24H20ClF2NO3. The predicted molar refractivity (Wildman–Crippen MR) is 114 cm³/mol. The SMILES string of the molecule is COc1cc2c(cc1OC)[C@@H](c1ccccc1Cl)N(C(=O)c1cc(F)ccc1F)CC2. The lowest BCUT2D eigenvalue weighted by Gasteiger charge is -2.38. The number of carbonyl (C=O) groups is 1. The van der Waals surface area contributed by atoms with Gasteiger partial charge in [-0.15, -0.1) is 0 Å². The Bertz CT molecular complexity index is 1150. The average Bonchev–Trinajstić information content (AvgIpc) is 2.79. The second-order valence-corrected chi connectivity index (χ2v) is 7.61. The fourth-order valence-corrected chi connectivity index (χ4v) is 4.25. The first kappa shape index (κ1) is 21.1. The first-order valence-corrected chi connectivity index (χ1v) is 10.1. The first-order chi connectivity index (χ1) is 14.9. The maximum absolute atomic E-state index is 14.4. The zero-order valence-electron chi connectivity index (χ0n) is 17.0. The van der Waals surface area contributed by atoms with Crippen LogP contribution in [0.4, 0.5) is 8.78 Å². The Balaban J connectivity index is 1.90. The van der Waals surface area contributed by atoms with Crippen molar-refractivity contribution in [1.82, 2.24) is 4.90 Å². The number of hydrogen-bond acceptors (Lipinski definition) is 3. The van der Waals surface area contributed by atoms with E-state index >= 15 is 0 Å². The minimum Gasteiger partial charge on any atom is -0.493 e. The van der Waals surface area contributed by atoms with Gasteiger partial charge in [0.1, 0.15) is 11.6 Å². The number of nitrogens with zero attached hydrogens (tertiary/aromatic N) is 1. The van der Waals surface area contributed by atoms with E-state index in [9.17, 15) is 13.6 Å². The highest BCUT2D eigenvalue weighted by Gasteiger charge is 2.35. The number of ether oxygens (including phenoxy) is 2. The van der Waals surface area contributed by atoms with Gasteiger partial charge < -0.3 is 14.4 Å². The third kappa shape index (κ3) is 3.83. The van der Waals surface area contributed by atoms with Crippen molar-refractivity contribution in [2.45, 2.75) is 12.5 Å². The summed E-state index contributed by atoms with van der Waals surface area (Å²) in [5, 5.41) is 0.465. The van der Waals surface area contributed by atoms with Crippen LogP contribution < -0.4 is 9.47 Å². The van der Waals surface area contributed by atoms with Crippen molar-refractivity contribution in [3.05, 3.63) is 93.5 Å². The lowest BCUT2D eigenvalue weighted by Crippen LogP contribution is -2.41. The van der Waals surface area contributed by atoms with Crippen molar-refractivity contribution in [1.29, 1.82) is 0 Å². The second-order valence-electron chi connectivity index (χ2n) is 7.20. The molecule has 0 saturated carbocycles. The summed E-state index contributed by atoms with van der Waals surface area (Å²) in [6, 6.07) is 13.1. The Kier molecular flexibility index (Phi) is 5.83. The van der Waals surface area contributed by atoms with Crippen LogP contribution in [0, 0.1) is 11.6 Å². The largest absolute Gasteiger partial charge is 0.493 e. The molecule has 0 saturated heterocycles. The van der Waals surface area contributed by atoms with Crippen LogP contribution in [-0.4, -0.2) is 31.6 Å². The Morgan fingerprint density at radius 3 is 2.42 bits per heavy atom. The van der Waals surface area contributed by atoms with E-state index in [1.807, 2.05) is 24.3 Å². The number of halogens is 3. The number of hydrogen-bond donors (Lipinski definition) is 0. The van der Waals surface area contributed by atoms with Crippen LogP contribution in [0.3, 0.4) is 0 Å². The molecule has 0 aromatic heterocycles. The van der Waals surface area contributed by atoms with Crippen molar-refractivity contribution in [2.75, 3.05) is 20.8 Å². The molecule has 3 aromatic rings. The van der Waals surface area contributed by atoms with E-state index in [4.69, 9.17) is 21.1 Å². The van der Waals surface area contributed by atoms with E-state index < -0.39 is 23.6 Å². The van der Waals surface area contributed by atoms with Crippen LogP contribution in [0.15, 0.2) is 54.6 Å². The van der Waals surface area contributed by atoms with Gasteiger partial charge in [0.25, 0.3) is 5.91 Å². The molecule has 0 N–H and O–H groups in total. The summed E-state index contributed by atoms with van der Waals surface area (Å²) >= 11 is 6.50. The molecule has 0 bridgehead atoms. The van der Waals surface area contributed by atoms with Gasteiger partial charge in [-0.3, -0.25) is 4.79 Å². The number of amides is 1. The number of benzene rings is 3. The molecule has 0 radical (unpaired) electrons. The van der Waals surface area contributed by atoms with E-state index in [2.05, 4.69) is 0 Å². The molecule has 0 fully saturated rings. The van der Waals surface area contributed by atoms with Gasteiger partial charge in [0.15, 0.2) is 11.5 Å². The molecule has 4 nitrogen and oxygen atoms in total. The summed E-state index contributed by atoms with van der Waals surface area (Å²) < 4.78 is 39.1. The third-order valence-electron chi connectivity index (χ3n) is 5.49. The van der Waals surface area contributed by atoms with E-state index in [0.29, 0.717) is 35.1 Å². The molecule has 160 valence electrons. The molecule has 4 rings (SSSR count). The molecule has 0 unspecified atom stereocenters. The summed E-state index contributed by atoms with van der Waals surface area (Å²) in [6.45, 7) is 0.299. The van der Waals surface area contributed by atoms with Gasteiger partial charge >= 0.3 is 0 Å². The molecule has 1 amide bonds. The molecular weight excluding hydrogens is 424 g/mol. The summed E-state index contributed by atoms with van der Waals surface area (Å²) in [7, 11) is 3.09. The van der Waals surface area contributed by atoms with Gasteiger partial charge in [-0.2, -0.15) is 0 Å². The lowest BCUT2D eigenvalue weighted by molar-refractivity contribution is 0.0689. The molecule has 1 heterocycles. The van der Waals surface area contributed by atoms with Crippen LogP contribution in [0.2, 0.25) is 5.02 Å². The number of carbonyl (C=O) groups excluding carboxylic acids is 1. The fourth-order valence-electron chi connectivity index (χ4n) is 4.01. The van der Waals surface area contributed by atoms with Gasteiger partial charge in [-0.25, -0.2) is 8.78 Å². The normalized spacial score (nSPS) is 15.4. The van der Waals surface area contributed by atoms with E-state index in [0.717, 1.165) is 29.3 Å². The quantitative estimate of drug-likeness (QED) is 0.540. The van der Waals surface area contributed by atoms with Gasteiger partial charge in [0.2, 0.25) is 0 Å². The molecule has 0 aliphatic carbocycles. The number of fused-ring (bicyclic) bond motifs is 1. The molecule has 7 heteroatoms. The standard InChI is InChI=1S/C24H20ClF2NO3/c1-30-21-11-14-9-10-28(24(29)18-12-15(26)7-8-20(18)27)23(17(14)13-22(21)31-2)16-5-3-4-6-19(16)25/h3-8,11-13,23H,9-10H2,1-2H3/t23-/m1/s1. The monoisotopic (exact) mass is 443 g/mol. The van der Waals surface area contributed by atoms with E-state index in [1.165, 1.54) is 12.0 Å². The topological polar surface area (TPSA) is 38.8 Å². The average molecular weight is 444 g/mol. The highest BCUT2D eigenvalue weighted by atomic mass is 35.5. The van der Waals surface area contributed by atoms with Crippen LogP contribution in [0.5, 0.6) is 11.5 Å². The third-order valence-corrected chi connectivity index (χ3v) is 5.84. The highest BCUT2D eigenvalue weighted by molar-refractivity contribution is 6.31. The molecule has 3 aromatic carbocycles. The Morgan fingerprint density at radius 2 is 1.71 bits per heavy atom. The summed E-state index contributed by atoms with van der Waals surface area (Å²) in [5.74, 6) is -0.979. The molecule has 31 heavy (non-hydrogen) atoms. The summed E-state index contributed by atoms with van der Waals surface area (Å²) in [5.41, 5.74) is 2.12. The zero-order valence-corrected chi connectivity index (χ0v) is 17.7. The Labute approximate surface area is 184 Å². The van der Waals surface area contributed by atoms with Crippen LogP contribution in [-0.2, 0) is 6.42 Å². The molecule has 1 aliphatic heterocycles. The van der Waals surface area contributed by atoms with E-state index in [1.54, 1.807) is 19.2 Å². The van der Waals surface area contributed by atoms with Crippen molar-refractivity contribution >= 4 is 17.5 Å². The highest BCUT2D eigenvalue weighted by Crippen LogP contribution is 2.43. The van der Waals surface area contributed by atoms with Gasteiger partial charge in [0, 0.05) is 11.6 Å². The zero-order chi connectivity index (χ0) is 22.1. The summed E-state index contributed by atoms with van der Waals surface area (Å²) in [4.78, 5) is 14.9. The minimum absolute atomic E-state index is 0.299. The van der Waals surface area contributed by atoms with Gasteiger partial charge in [-0.05, 0) is 59.5 Å². The van der Waals surface area contributed by atoms with E-state index in [-0.39, 0.29) is 5.56 Å². The molecule has 1 atom stereocenters. The van der Waals surface area contributed by atoms with Gasteiger partial charge in [0.05, 0.1) is 25.8 Å². The Morgan fingerprint density at radius 1 is 1.00 bits per heavy atom. The van der Waals surface area contributed by atoms with Crippen LogP contribution in [0.25, 0.3) is 0 Å². The fraction of sp³-hybridized carbons (Fsp3) is 0.208. The summed E-state index contributed by atoms with van der Waals surface area (Å²) in [6.07, 6.45) is 0.513. The Hall–Kier alpha value is -3.12. The van der Waals surface area contributed by atoms with Crippen LogP contribution in [0.1, 0.15) is 33.1 Å². The minimum atomic E-state index is -0.776. The van der Waals surface area contributed by atoms with Crippen molar-refractivity contribution in [3.8, 4) is 11.5 Å². The first-order valence-electron chi connectivity index (χ1n) is 9.69. The van der Waals surface area contributed by atoms with Crippen LogP contribution >= 0.6 is 11.6 Å². The maximum Gasteiger partial charge on any atom is 0.257 e. The smallest absolute Gasteiger partial charge is 0.257 e.